The van der Waals surface area contributed by atoms with E-state index >= 15 is 0 Å². The van der Waals surface area contributed by atoms with Crippen molar-refractivity contribution < 1.29 is 8.42 Å². The van der Waals surface area contributed by atoms with Crippen molar-refractivity contribution in [2.45, 2.75) is 13.3 Å². The summed E-state index contributed by atoms with van der Waals surface area (Å²) in [7, 11) is -3.44. The third kappa shape index (κ3) is 4.47. The summed E-state index contributed by atoms with van der Waals surface area (Å²) in [5, 5.41) is 0. The Hall–Kier alpha value is -1.53. The largest absolute Gasteiger partial charge is 0.397 e. The topological polar surface area (TPSA) is 72.2 Å². The molecule has 6 heteroatoms. The summed E-state index contributed by atoms with van der Waals surface area (Å²) in [6.45, 7) is 1.82. The number of hydrogen-bond acceptors (Lipinski definition) is 3. The van der Waals surface area contributed by atoms with Gasteiger partial charge in [0, 0.05) is 4.47 Å². The quantitative estimate of drug-likeness (QED) is 0.795. The van der Waals surface area contributed by atoms with Crippen molar-refractivity contribution in [3.63, 3.8) is 0 Å². The molecular weight excluding hydrogens is 352 g/mol. The molecule has 0 unspecified atom stereocenters. The lowest BCUT2D eigenvalue weighted by Crippen LogP contribution is -2.19. The number of rotatable bonds is 5. The number of hydrogen-bond donors (Lipinski definition) is 2. The Bertz CT molecular complexity index is 708. The molecular formula is C15H17BrN2O2S. The molecule has 0 fully saturated rings. The first-order valence-electron chi connectivity index (χ1n) is 6.47. The molecule has 0 amide bonds. The standard InChI is InChI=1S/C15H17BrN2O2S/c1-11-9-13(16)10-14(17)15(11)18-21(19,20)8-7-12-5-3-2-4-6-12/h2-6,9-10,18H,7-8,17H2,1H3. The second-order valence-electron chi connectivity index (χ2n) is 4.84. The SMILES string of the molecule is Cc1cc(Br)cc(N)c1NS(=O)(=O)CCc1ccccc1. The molecule has 0 saturated heterocycles. The van der Waals surface area contributed by atoms with Gasteiger partial charge in [0.05, 0.1) is 17.1 Å². The van der Waals surface area contributed by atoms with E-state index in [9.17, 15) is 8.42 Å². The monoisotopic (exact) mass is 368 g/mol. The van der Waals surface area contributed by atoms with E-state index in [-0.39, 0.29) is 5.75 Å². The minimum absolute atomic E-state index is 0.0198. The van der Waals surface area contributed by atoms with Crippen molar-refractivity contribution in [2.75, 3.05) is 16.2 Å². The molecule has 0 aliphatic heterocycles. The highest BCUT2D eigenvalue weighted by atomic mass is 79.9. The number of nitrogen functional groups attached to an aromatic ring is 1. The molecule has 0 spiro atoms. The Labute approximate surface area is 133 Å². The molecule has 0 saturated carbocycles. The highest BCUT2D eigenvalue weighted by Gasteiger charge is 2.14. The zero-order chi connectivity index (χ0) is 15.5. The predicted molar refractivity (Wildman–Crippen MR) is 90.8 cm³/mol. The van der Waals surface area contributed by atoms with Crippen molar-refractivity contribution in [3.05, 3.63) is 58.1 Å². The number of sulfonamides is 1. The first kappa shape index (κ1) is 15.9. The Morgan fingerprint density at radius 2 is 1.86 bits per heavy atom. The first-order chi connectivity index (χ1) is 9.87. The van der Waals surface area contributed by atoms with E-state index in [1.807, 2.05) is 43.3 Å². The van der Waals surface area contributed by atoms with Crippen molar-refractivity contribution in [3.8, 4) is 0 Å². The summed E-state index contributed by atoms with van der Waals surface area (Å²) >= 11 is 3.33. The molecule has 4 nitrogen and oxygen atoms in total. The van der Waals surface area contributed by atoms with Gasteiger partial charge >= 0.3 is 0 Å². The summed E-state index contributed by atoms with van der Waals surface area (Å²) in [5.74, 6) is 0.0198. The highest BCUT2D eigenvalue weighted by Crippen LogP contribution is 2.28. The van der Waals surface area contributed by atoms with Gasteiger partial charge in [-0.2, -0.15) is 0 Å². The number of aryl methyl sites for hydroxylation is 2. The third-order valence-electron chi connectivity index (χ3n) is 3.09. The van der Waals surface area contributed by atoms with Crippen molar-refractivity contribution in [2.24, 2.45) is 0 Å². The van der Waals surface area contributed by atoms with Crippen LogP contribution in [0, 0.1) is 6.92 Å². The number of nitrogens with one attached hydrogen (secondary N) is 1. The van der Waals surface area contributed by atoms with Gasteiger partial charge in [-0.3, -0.25) is 4.72 Å². The smallest absolute Gasteiger partial charge is 0.233 e. The Balaban J connectivity index is 2.11. The number of benzene rings is 2. The van der Waals surface area contributed by atoms with E-state index in [0.717, 1.165) is 15.6 Å². The van der Waals surface area contributed by atoms with Crippen LogP contribution in [0.25, 0.3) is 0 Å². The van der Waals surface area contributed by atoms with Gasteiger partial charge in [0.25, 0.3) is 0 Å². The Kier molecular flexibility index (Phi) is 4.90. The number of nitrogens with two attached hydrogens (primary N) is 1. The number of halogens is 1. The lowest BCUT2D eigenvalue weighted by molar-refractivity contribution is 0.600. The molecule has 0 aliphatic carbocycles. The van der Waals surface area contributed by atoms with Crippen molar-refractivity contribution in [1.82, 2.24) is 0 Å². The maximum Gasteiger partial charge on any atom is 0.233 e. The van der Waals surface area contributed by atoms with E-state index < -0.39 is 10.0 Å². The highest BCUT2D eigenvalue weighted by molar-refractivity contribution is 9.10. The molecule has 0 bridgehead atoms. The van der Waals surface area contributed by atoms with E-state index in [2.05, 4.69) is 20.7 Å². The van der Waals surface area contributed by atoms with Gasteiger partial charge in [0.2, 0.25) is 10.0 Å². The zero-order valence-corrected chi connectivity index (χ0v) is 14.0. The lowest BCUT2D eigenvalue weighted by atomic mass is 10.2. The summed E-state index contributed by atoms with van der Waals surface area (Å²) < 4.78 is 27.8. The second-order valence-corrected chi connectivity index (χ2v) is 7.60. The molecule has 0 heterocycles. The van der Waals surface area contributed by atoms with E-state index in [1.165, 1.54) is 0 Å². The fourth-order valence-electron chi connectivity index (χ4n) is 2.01. The number of anilines is 2. The zero-order valence-electron chi connectivity index (χ0n) is 11.6. The van der Waals surface area contributed by atoms with Gasteiger partial charge in [-0.15, -0.1) is 0 Å². The molecule has 0 aromatic heterocycles. The van der Waals surface area contributed by atoms with Crippen LogP contribution >= 0.6 is 15.9 Å². The van der Waals surface area contributed by atoms with Gasteiger partial charge in [0.15, 0.2) is 0 Å². The third-order valence-corrected chi connectivity index (χ3v) is 4.81. The van der Waals surface area contributed by atoms with Crippen LogP contribution in [0.15, 0.2) is 46.9 Å². The van der Waals surface area contributed by atoms with Crippen LogP contribution in [-0.4, -0.2) is 14.2 Å². The van der Waals surface area contributed by atoms with Crippen LogP contribution in [0.4, 0.5) is 11.4 Å². The van der Waals surface area contributed by atoms with E-state index in [0.29, 0.717) is 17.8 Å². The van der Waals surface area contributed by atoms with Crippen molar-refractivity contribution >= 4 is 37.3 Å². The summed E-state index contributed by atoms with van der Waals surface area (Å²) in [4.78, 5) is 0. The molecule has 2 aromatic rings. The van der Waals surface area contributed by atoms with Gasteiger partial charge in [0.1, 0.15) is 0 Å². The minimum atomic E-state index is -3.44. The molecule has 2 rings (SSSR count). The predicted octanol–water partition coefficient (Wildman–Crippen LogP) is 3.32. The lowest BCUT2D eigenvalue weighted by Gasteiger charge is -2.13. The molecule has 112 valence electrons. The van der Waals surface area contributed by atoms with Crippen LogP contribution in [0.2, 0.25) is 0 Å². The van der Waals surface area contributed by atoms with Gasteiger partial charge in [-0.1, -0.05) is 46.3 Å². The van der Waals surface area contributed by atoms with Gasteiger partial charge < -0.3 is 5.73 Å². The van der Waals surface area contributed by atoms with Crippen LogP contribution < -0.4 is 10.5 Å². The first-order valence-corrected chi connectivity index (χ1v) is 8.92. The van der Waals surface area contributed by atoms with Gasteiger partial charge in [-0.25, -0.2) is 8.42 Å². The molecule has 0 radical (unpaired) electrons. The van der Waals surface area contributed by atoms with Crippen molar-refractivity contribution in [1.29, 1.82) is 0 Å². The average Bonchev–Trinajstić information content (AvgIpc) is 2.42. The fraction of sp³-hybridized carbons (Fsp3) is 0.200. The van der Waals surface area contributed by atoms with Crippen LogP contribution in [0.5, 0.6) is 0 Å². The van der Waals surface area contributed by atoms with Gasteiger partial charge in [-0.05, 0) is 36.6 Å². The summed E-state index contributed by atoms with van der Waals surface area (Å²) in [5.41, 5.74) is 8.51. The Morgan fingerprint density at radius 1 is 1.19 bits per heavy atom. The second kappa shape index (κ2) is 6.49. The maximum absolute atomic E-state index is 12.2. The molecule has 3 N–H and O–H groups in total. The Morgan fingerprint density at radius 3 is 2.48 bits per heavy atom. The molecule has 21 heavy (non-hydrogen) atoms. The minimum Gasteiger partial charge on any atom is -0.397 e. The summed E-state index contributed by atoms with van der Waals surface area (Å²) in [6, 6.07) is 13.0. The van der Waals surface area contributed by atoms with E-state index in [1.54, 1.807) is 6.07 Å². The van der Waals surface area contributed by atoms with Crippen LogP contribution in [0.3, 0.4) is 0 Å². The molecule has 0 atom stereocenters. The van der Waals surface area contributed by atoms with Crippen LogP contribution in [0.1, 0.15) is 11.1 Å². The summed E-state index contributed by atoms with van der Waals surface area (Å²) in [6.07, 6.45) is 0.464. The molecule has 0 aliphatic rings. The van der Waals surface area contributed by atoms with Crippen LogP contribution in [-0.2, 0) is 16.4 Å². The normalized spacial score (nSPS) is 11.3. The average molecular weight is 369 g/mol. The maximum atomic E-state index is 12.2. The fourth-order valence-corrected chi connectivity index (χ4v) is 3.80. The van der Waals surface area contributed by atoms with E-state index in [4.69, 9.17) is 5.73 Å². The molecule has 2 aromatic carbocycles.